The Morgan fingerprint density at radius 1 is 0.759 bits per heavy atom. The minimum absolute atomic E-state index is 0.946. The van der Waals surface area contributed by atoms with Gasteiger partial charge in [-0.25, -0.2) is 0 Å². The van der Waals surface area contributed by atoms with Gasteiger partial charge in [-0.1, -0.05) is 85.3 Å². The summed E-state index contributed by atoms with van der Waals surface area (Å²) in [6.45, 7) is 4.23. The fourth-order valence-electron chi connectivity index (χ4n) is 3.59. The summed E-state index contributed by atoms with van der Waals surface area (Å²) in [7, 11) is 4.20. The second kappa shape index (κ2) is 10.6. The number of nitrogens with one attached hydrogen (secondary N) is 1. The van der Waals surface area contributed by atoms with E-state index in [9.17, 15) is 0 Å². The minimum Gasteiger partial charge on any atom is -0.384 e. The molecule has 0 saturated heterocycles. The maximum absolute atomic E-state index is 3.51. The molecule has 2 nitrogen and oxygen atoms in total. The zero-order valence-corrected chi connectivity index (χ0v) is 17.9. The molecule has 0 spiro atoms. The highest BCUT2D eigenvalue weighted by molar-refractivity contribution is 5.83. The topological polar surface area (TPSA) is 15.3 Å². The van der Waals surface area contributed by atoms with Crippen molar-refractivity contribution in [1.82, 2.24) is 4.90 Å². The average Bonchev–Trinajstić information content (AvgIpc) is 2.75. The van der Waals surface area contributed by atoms with E-state index in [2.05, 4.69) is 116 Å². The third kappa shape index (κ3) is 6.07. The van der Waals surface area contributed by atoms with E-state index >= 15 is 0 Å². The SMILES string of the molecule is CCC(Cc1ccccc1)=C(c1ccccc1)c1ccc(NCCN(C)C)cc1. The summed E-state index contributed by atoms with van der Waals surface area (Å²) >= 11 is 0. The zero-order valence-electron chi connectivity index (χ0n) is 17.9. The van der Waals surface area contributed by atoms with Crippen LogP contribution in [-0.4, -0.2) is 32.1 Å². The van der Waals surface area contributed by atoms with E-state index in [0.29, 0.717) is 0 Å². The Hall–Kier alpha value is -2.84. The molecule has 0 aliphatic carbocycles. The molecule has 0 aromatic heterocycles. The molecule has 0 fully saturated rings. The smallest absolute Gasteiger partial charge is 0.0341 e. The summed E-state index contributed by atoms with van der Waals surface area (Å²) in [5.74, 6) is 0. The number of allylic oxidation sites excluding steroid dienone is 1. The van der Waals surface area contributed by atoms with Gasteiger partial charge in [0.2, 0.25) is 0 Å². The van der Waals surface area contributed by atoms with Crippen molar-refractivity contribution in [2.75, 3.05) is 32.5 Å². The van der Waals surface area contributed by atoms with Crippen LogP contribution in [0, 0.1) is 0 Å². The normalized spacial score (nSPS) is 12.0. The lowest BCUT2D eigenvalue weighted by Crippen LogP contribution is -2.20. The van der Waals surface area contributed by atoms with Crippen LogP contribution in [0.25, 0.3) is 5.57 Å². The molecule has 2 heteroatoms. The first kappa shape index (κ1) is 20.9. The predicted octanol–water partition coefficient (Wildman–Crippen LogP) is 6.11. The van der Waals surface area contributed by atoms with Crippen LogP contribution in [0.3, 0.4) is 0 Å². The van der Waals surface area contributed by atoms with Crippen molar-refractivity contribution in [2.45, 2.75) is 19.8 Å². The van der Waals surface area contributed by atoms with Crippen LogP contribution >= 0.6 is 0 Å². The van der Waals surface area contributed by atoms with Crippen molar-refractivity contribution in [1.29, 1.82) is 0 Å². The Kier molecular flexibility index (Phi) is 7.66. The maximum atomic E-state index is 3.51. The van der Waals surface area contributed by atoms with Crippen LogP contribution in [0.5, 0.6) is 0 Å². The fourth-order valence-corrected chi connectivity index (χ4v) is 3.59. The molecule has 0 atom stereocenters. The number of likely N-dealkylation sites (N-methyl/N-ethyl adjacent to an activating group) is 1. The van der Waals surface area contributed by atoms with Crippen LogP contribution in [0.4, 0.5) is 5.69 Å². The summed E-state index contributed by atoms with van der Waals surface area (Å²) in [5.41, 5.74) is 7.92. The van der Waals surface area contributed by atoms with E-state index < -0.39 is 0 Å². The second-order valence-electron chi connectivity index (χ2n) is 7.67. The molecule has 0 bridgehead atoms. The molecular weight excluding hydrogens is 352 g/mol. The summed E-state index contributed by atoms with van der Waals surface area (Å²) in [4.78, 5) is 2.19. The zero-order chi connectivity index (χ0) is 20.5. The van der Waals surface area contributed by atoms with Crippen molar-refractivity contribution in [2.24, 2.45) is 0 Å². The molecule has 0 unspecified atom stereocenters. The Labute approximate surface area is 175 Å². The Balaban J connectivity index is 1.93. The highest BCUT2D eigenvalue weighted by Gasteiger charge is 2.12. The molecule has 3 aromatic rings. The van der Waals surface area contributed by atoms with Crippen LogP contribution < -0.4 is 5.32 Å². The second-order valence-corrected chi connectivity index (χ2v) is 7.67. The van der Waals surface area contributed by atoms with Gasteiger partial charge < -0.3 is 10.2 Å². The molecule has 0 radical (unpaired) electrons. The molecule has 0 heterocycles. The van der Waals surface area contributed by atoms with Gasteiger partial charge >= 0.3 is 0 Å². The van der Waals surface area contributed by atoms with Crippen molar-refractivity contribution < 1.29 is 0 Å². The van der Waals surface area contributed by atoms with Gasteiger partial charge in [0.25, 0.3) is 0 Å². The standard InChI is InChI=1S/C27H32N2/c1-4-23(21-22-11-7-5-8-12-22)27(24-13-9-6-10-14-24)25-15-17-26(18-16-25)28-19-20-29(2)3/h5-18,28H,4,19-21H2,1-3H3. The van der Waals surface area contributed by atoms with Gasteiger partial charge in [0.05, 0.1) is 0 Å². The fraction of sp³-hybridized carbons (Fsp3) is 0.259. The molecule has 29 heavy (non-hydrogen) atoms. The van der Waals surface area contributed by atoms with E-state index in [-0.39, 0.29) is 0 Å². The molecule has 1 N–H and O–H groups in total. The van der Waals surface area contributed by atoms with Crippen molar-refractivity contribution in [3.8, 4) is 0 Å². The van der Waals surface area contributed by atoms with E-state index in [0.717, 1.165) is 25.9 Å². The van der Waals surface area contributed by atoms with Gasteiger partial charge in [-0.2, -0.15) is 0 Å². The predicted molar refractivity (Wildman–Crippen MR) is 126 cm³/mol. The summed E-state index contributed by atoms with van der Waals surface area (Å²) < 4.78 is 0. The maximum Gasteiger partial charge on any atom is 0.0341 e. The number of nitrogens with zero attached hydrogens (tertiary/aromatic N) is 1. The lowest BCUT2D eigenvalue weighted by molar-refractivity contribution is 0.425. The summed E-state index contributed by atoms with van der Waals surface area (Å²) in [6, 6.07) is 30.4. The Bertz CT molecular complexity index is 894. The Morgan fingerprint density at radius 2 is 1.34 bits per heavy atom. The van der Waals surface area contributed by atoms with Gasteiger partial charge in [-0.05, 0) is 61.3 Å². The first-order valence-electron chi connectivity index (χ1n) is 10.5. The van der Waals surface area contributed by atoms with Crippen molar-refractivity contribution in [3.05, 3.63) is 107 Å². The largest absolute Gasteiger partial charge is 0.384 e. The molecule has 150 valence electrons. The lowest BCUT2D eigenvalue weighted by atomic mass is 9.88. The quantitative estimate of drug-likeness (QED) is 0.478. The third-order valence-electron chi connectivity index (χ3n) is 5.16. The molecule has 0 saturated carbocycles. The van der Waals surface area contributed by atoms with Gasteiger partial charge in [-0.3, -0.25) is 0 Å². The summed E-state index contributed by atoms with van der Waals surface area (Å²) in [5, 5.41) is 3.51. The minimum atomic E-state index is 0.946. The van der Waals surface area contributed by atoms with Crippen molar-refractivity contribution >= 4 is 11.3 Å². The van der Waals surface area contributed by atoms with Gasteiger partial charge in [0.15, 0.2) is 0 Å². The molecule has 3 aromatic carbocycles. The van der Waals surface area contributed by atoms with E-state index in [1.54, 1.807) is 0 Å². The van der Waals surface area contributed by atoms with Crippen LogP contribution in [-0.2, 0) is 6.42 Å². The van der Waals surface area contributed by atoms with E-state index in [4.69, 9.17) is 0 Å². The Morgan fingerprint density at radius 3 is 1.93 bits per heavy atom. The first-order chi connectivity index (χ1) is 14.2. The third-order valence-corrected chi connectivity index (χ3v) is 5.16. The molecular formula is C27H32N2. The molecule has 3 rings (SSSR count). The van der Waals surface area contributed by atoms with Gasteiger partial charge in [-0.15, -0.1) is 0 Å². The highest BCUT2D eigenvalue weighted by Crippen LogP contribution is 2.31. The molecule has 0 aliphatic heterocycles. The number of rotatable bonds is 9. The first-order valence-corrected chi connectivity index (χ1v) is 10.5. The summed E-state index contributed by atoms with van der Waals surface area (Å²) in [6.07, 6.45) is 2.01. The highest BCUT2D eigenvalue weighted by atomic mass is 15.1. The van der Waals surface area contributed by atoms with Gasteiger partial charge in [0, 0.05) is 18.8 Å². The number of hydrogen-bond acceptors (Lipinski definition) is 2. The molecule has 0 aliphatic rings. The lowest BCUT2D eigenvalue weighted by Gasteiger charge is -2.17. The van der Waals surface area contributed by atoms with E-state index in [1.165, 1.54) is 33.5 Å². The monoisotopic (exact) mass is 384 g/mol. The van der Waals surface area contributed by atoms with Crippen LogP contribution in [0.2, 0.25) is 0 Å². The number of anilines is 1. The number of hydrogen-bond donors (Lipinski definition) is 1. The molecule has 0 amide bonds. The number of benzene rings is 3. The average molecular weight is 385 g/mol. The van der Waals surface area contributed by atoms with E-state index in [1.807, 2.05) is 0 Å². The van der Waals surface area contributed by atoms with Gasteiger partial charge in [0.1, 0.15) is 0 Å². The van der Waals surface area contributed by atoms with Crippen LogP contribution in [0.15, 0.2) is 90.5 Å². The van der Waals surface area contributed by atoms with Crippen LogP contribution in [0.1, 0.15) is 30.0 Å². The van der Waals surface area contributed by atoms with Crippen molar-refractivity contribution in [3.63, 3.8) is 0 Å².